The van der Waals surface area contributed by atoms with E-state index in [1.807, 2.05) is 25.1 Å². The van der Waals surface area contributed by atoms with Gasteiger partial charge in [-0.2, -0.15) is 0 Å². The van der Waals surface area contributed by atoms with Crippen LogP contribution in [0.15, 0.2) is 42.5 Å². The van der Waals surface area contributed by atoms with Crippen LogP contribution >= 0.6 is 0 Å². The van der Waals surface area contributed by atoms with Gasteiger partial charge in [0.05, 0.1) is 0 Å². The van der Waals surface area contributed by atoms with Gasteiger partial charge in [0.2, 0.25) is 5.91 Å². The van der Waals surface area contributed by atoms with Gasteiger partial charge >= 0.3 is 0 Å². The number of aromatic amines is 1. The molecule has 1 heterocycles. The van der Waals surface area contributed by atoms with Gasteiger partial charge in [0, 0.05) is 28.7 Å². The van der Waals surface area contributed by atoms with E-state index in [2.05, 4.69) is 29.5 Å². The highest BCUT2D eigenvalue weighted by Gasteiger charge is 2.12. The van der Waals surface area contributed by atoms with Gasteiger partial charge in [-0.25, -0.2) is 0 Å². The number of rotatable bonds is 5. The van der Waals surface area contributed by atoms with Crippen LogP contribution < -0.4 is 10.6 Å². The number of hydrogen-bond acceptors (Lipinski definition) is 2. The Bertz CT molecular complexity index is 973. The van der Waals surface area contributed by atoms with Crippen LogP contribution in [-0.2, 0) is 4.79 Å². The zero-order valence-corrected chi connectivity index (χ0v) is 15.3. The Kier molecular flexibility index (Phi) is 5.07. The topological polar surface area (TPSA) is 74.0 Å². The third-order valence-electron chi connectivity index (χ3n) is 4.47. The second-order valence-electron chi connectivity index (χ2n) is 6.48. The number of benzene rings is 2. The number of carbonyl (C=O) groups is 2. The Morgan fingerprint density at radius 2 is 1.73 bits per heavy atom. The van der Waals surface area contributed by atoms with E-state index in [4.69, 9.17) is 0 Å². The predicted molar refractivity (Wildman–Crippen MR) is 106 cm³/mol. The Balaban J connectivity index is 1.78. The van der Waals surface area contributed by atoms with Crippen molar-refractivity contribution in [2.75, 3.05) is 10.6 Å². The van der Waals surface area contributed by atoms with E-state index in [-0.39, 0.29) is 11.8 Å². The molecule has 0 atom stereocenters. The standard InChI is InChI=1S/C21H23N3O2/c1-4-6-20(25)22-15-7-5-8-16(11-15)23-21(26)19-12-17-14(3)13(2)9-10-18(17)24-19/h5,7-12,24H,4,6H2,1-3H3,(H,22,25)(H,23,26). The molecular formula is C21H23N3O2. The predicted octanol–water partition coefficient (Wildman–Crippen LogP) is 4.78. The molecule has 0 aliphatic heterocycles. The molecule has 0 aliphatic rings. The van der Waals surface area contributed by atoms with Crippen molar-refractivity contribution >= 4 is 34.1 Å². The molecule has 5 nitrogen and oxygen atoms in total. The van der Waals surface area contributed by atoms with Crippen LogP contribution in [0.3, 0.4) is 0 Å². The summed E-state index contributed by atoms with van der Waals surface area (Å²) in [7, 11) is 0. The highest BCUT2D eigenvalue weighted by Crippen LogP contribution is 2.23. The maximum absolute atomic E-state index is 12.6. The van der Waals surface area contributed by atoms with E-state index in [0.29, 0.717) is 23.5 Å². The number of aryl methyl sites for hydroxylation is 2. The summed E-state index contributed by atoms with van der Waals surface area (Å²) < 4.78 is 0. The van der Waals surface area contributed by atoms with Gasteiger partial charge in [0.15, 0.2) is 0 Å². The van der Waals surface area contributed by atoms with Crippen molar-refractivity contribution in [1.29, 1.82) is 0 Å². The molecule has 0 unspecified atom stereocenters. The molecule has 0 aliphatic carbocycles. The molecule has 0 radical (unpaired) electrons. The quantitative estimate of drug-likeness (QED) is 0.620. The summed E-state index contributed by atoms with van der Waals surface area (Å²) in [4.78, 5) is 27.5. The van der Waals surface area contributed by atoms with Crippen molar-refractivity contribution in [2.24, 2.45) is 0 Å². The summed E-state index contributed by atoms with van der Waals surface area (Å²) in [5, 5.41) is 6.76. The maximum atomic E-state index is 12.6. The SMILES string of the molecule is CCCC(=O)Nc1cccc(NC(=O)c2cc3c(C)c(C)ccc3[nH]2)c1. The number of anilines is 2. The van der Waals surface area contributed by atoms with Crippen molar-refractivity contribution in [2.45, 2.75) is 33.6 Å². The summed E-state index contributed by atoms with van der Waals surface area (Å²) in [5.74, 6) is -0.243. The summed E-state index contributed by atoms with van der Waals surface area (Å²) in [6.07, 6.45) is 1.27. The number of hydrogen-bond donors (Lipinski definition) is 3. The molecule has 0 bridgehead atoms. The molecule has 0 saturated carbocycles. The minimum atomic E-state index is -0.213. The molecule has 0 saturated heterocycles. The molecule has 1 aromatic heterocycles. The Labute approximate surface area is 152 Å². The van der Waals surface area contributed by atoms with Gasteiger partial charge < -0.3 is 15.6 Å². The maximum Gasteiger partial charge on any atom is 0.272 e. The number of aromatic nitrogens is 1. The second kappa shape index (κ2) is 7.44. The van der Waals surface area contributed by atoms with Crippen molar-refractivity contribution < 1.29 is 9.59 Å². The van der Waals surface area contributed by atoms with E-state index >= 15 is 0 Å². The van der Waals surface area contributed by atoms with Crippen molar-refractivity contribution in [1.82, 2.24) is 4.98 Å². The fourth-order valence-electron chi connectivity index (χ4n) is 2.90. The molecule has 0 fully saturated rings. The van der Waals surface area contributed by atoms with E-state index in [9.17, 15) is 9.59 Å². The average Bonchev–Trinajstić information content (AvgIpc) is 3.04. The minimum absolute atomic E-state index is 0.0301. The molecule has 3 rings (SSSR count). The van der Waals surface area contributed by atoms with Crippen molar-refractivity contribution in [3.8, 4) is 0 Å². The van der Waals surface area contributed by atoms with E-state index < -0.39 is 0 Å². The van der Waals surface area contributed by atoms with Gasteiger partial charge in [-0.3, -0.25) is 9.59 Å². The highest BCUT2D eigenvalue weighted by molar-refractivity contribution is 6.06. The second-order valence-corrected chi connectivity index (χ2v) is 6.48. The zero-order valence-electron chi connectivity index (χ0n) is 15.3. The van der Waals surface area contributed by atoms with Gasteiger partial charge in [-0.1, -0.05) is 19.1 Å². The van der Waals surface area contributed by atoms with E-state index in [1.165, 1.54) is 11.1 Å². The van der Waals surface area contributed by atoms with Gasteiger partial charge in [0.1, 0.15) is 5.69 Å². The van der Waals surface area contributed by atoms with Crippen LogP contribution in [0, 0.1) is 13.8 Å². The summed E-state index contributed by atoms with van der Waals surface area (Å²) in [6.45, 7) is 6.06. The largest absolute Gasteiger partial charge is 0.351 e. The highest BCUT2D eigenvalue weighted by atomic mass is 16.2. The molecule has 26 heavy (non-hydrogen) atoms. The first-order valence-electron chi connectivity index (χ1n) is 8.78. The number of fused-ring (bicyclic) bond motifs is 1. The normalized spacial score (nSPS) is 10.7. The summed E-state index contributed by atoms with van der Waals surface area (Å²) in [5.41, 5.74) is 5.12. The number of amides is 2. The van der Waals surface area contributed by atoms with Gasteiger partial charge in [-0.15, -0.1) is 0 Å². The zero-order chi connectivity index (χ0) is 18.7. The van der Waals surface area contributed by atoms with Gasteiger partial charge in [-0.05, 0) is 61.7 Å². The fraction of sp³-hybridized carbons (Fsp3) is 0.238. The van der Waals surface area contributed by atoms with Gasteiger partial charge in [0.25, 0.3) is 5.91 Å². The Morgan fingerprint density at radius 1 is 1.00 bits per heavy atom. The Morgan fingerprint density at radius 3 is 2.46 bits per heavy atom. The van der Waals surface area contributed by atoms with Crippen LogP contribution in [0.2, 0.25) is 0 Å². The van der Waals surface area contributed by atoms with Crippen LogP contribution in [0.1, 0.15) is 41.4 Å². The van der Waals surface area contributed by atoms with Crippen LogP contribution in [0.25, 0.3) is 10.9 Å². The Hall–Kier alpha value is -3.08. The van der Waals surface area contributed by atoms with Crippen molar-refractivity contribution in [3.63, 3.8) is 0 Å². The molecule has 2 amide bonds. The first-order valence-corrected chi connectivity index (χ1v) is 8.78. The molecule has 3 N–H and O–H groups in total. The van der Waals surface area contributed by atoms with Crippen molar-refractivity contribution in [3.05, 3.63) is 59.3 Å². The summed E-state index contributed by atoms with van der Waals surface area (Å²) in [6, 6.07) is 13.1. The van der Waals surface area contributed by atoms with E-state index in [1.54, 1.807) is 24.3 Å². The number of nitrogens with one attached hydrogen (secondary N) is 3. The van der Waals surface area contributed by atoms with E-state index in [0.717, 1.165) is 17.3 Å². The first-order chi connectivity index (χ1) is 12.5. The fourth-order valence-corrected chi connectivity index (χ4v) is 2.90. The monoisotopic (exact) mass is 349 g/mol. The smallest absolute Gasteiger partial charge is 0.272 e. The average molecular weight is 349 g/mol. The lowest BCUT2D eigenvalue weighted by Gasteiger charge is -2.08. The third-order valence-corrected chi connectivity index (χ3v) is 4.47. The number of carbonyl (C=O) groups excluding carboxylic acids is 2. The molecule has 134 valence electrons. The molecule has 2 aromatic carbocycles. The third kappa shape index (κ3) is 3.77. The minimum Gasteiger partial charge on any atom is -0.351 e. The first kappa shape index (κ1) is 17.7. The number of H-pyrrole nitrogens is 1. The lowest BCUT2D eigenvalue weighted by Crippen LogP contribution is -2.13. The van der Waals surface area contributed by atoms with Crippen LogP contribution in [0.5, 0.6) is 0 Å². The lowest BCUT2D eigenvalue weighted by molar-refractivity contribution is -0.116. The van der Waals surface area contributed by atoms with Crippen LogP contribution in [0.4, 0.5) is 11.4 Å². The van der Waals surface area contributed by atoms with Crippen LogP contribution in [-0.4, -0.2) is 16.8 Å². The lowest BCUT2D eigenvalue weighted by atomic mass is 10.1. The molecule has 3 aromatic rings. The summed E-state index contributed by atoms with van der Waals surface area (Å²) >= 11 is 0. The molecule has 5 heteroatoms. The molecular weight excluding hydrogens is 326 g/mol. The molecule has 0 spiro atoms.